The number of aryl methyl sites for hydroxylation is 1. The van der Waals surface area contributed by atoms with Crippen LogP contribution in [0.25, 0.3) is 0 Å². The van der Waals surface area contributed by atoms with E-state index in [0.29, 0.717) is 23.7 Å². The van der Waals surface area contributed by atoms with Crippen LogP contribution in [0.4, 0.5) is 10.5 Å². The summed E-state index contributed by atoms with van der Waals surface area (Å²) in [6, 6.07) is 23.9. The maximum Gasteiger partial charge on any atom is 0.315 e. The van der Waals surface area contributed by atoms with Gasteiger partial charge in [0.2, 0.25) is 5.91 Å². The molecule has 6 nitrogen and oxygen atoms in total. The molecule has 0 aliphatic rings. The fourth-order valence-electron chi connectivity index (χ4n) is 2.66. The minimum Gasteiger partial charge on any atom is -0.455 e. The zero-order valence-electron chi connectivity index (χ0n) is 16.1. The molecule has 3 rings (SSSR count). The molecule has 0 aliphatic carbocycles. The maximum absolute atomic E-state index is 12.2. The standard InChI is InChI=1S/C23H23N3O3/c1-17-8-7-11-19(14-17)29-21-13-6-5-12-20(21)26-22(27)16-25-23(28)24-15-18-9-3-2-4-10-18/h2-14H,15-16H2,1H3,(H,26,27)(H2,24,25,28). The summed E-state index contributed by atoms with van der Waals surface area (Å²) in [5, 5.41) is 8.03. The van der Waals surface area contributed by atoms with Gasteiger partial charge in [0, 0.05) is 6.54 Å². The Morgan fingerprint density at radius 3 is 2.41 bits per heavy atom. The summed E-state index contributed by atoms with van der Waals surface area (Å²) in [5.74, 6) is 0.866. The Labute approximate surface area is 169 Å². The summed E-state index contributed by atoms with van der Waals surface area (Å²) < 4.78 is 5.89. The normalized spacial score (nSPS) is 10.1. The lowest BCUT2D eigenvalue weighted by molar-refractivity contribution is -0.115. The van der Waals surface area contributed by atoms with Gasteiger partial charge in [-0.15, -0.1) is 0 Å². The van der Waals surface area contributed by atoms with Gasteiger partial charge in [0.05, 0.1) is 12.2 Å². The van der Waals surface area contributed by atoms with Gasteiger partial charge < -0.3 is 20.7 Å². The van der Waals surface area contributed by atoms with Gasteiger partial charge >= 0.3 is 6.03 Å². The van der Waals surface area contributed by atoms with Crippen molar-refractivity contribution in [2.75, 3.05) is 11.9 Å². The van der Waals surface area contributed by atoms with E-state index in [4.69, 9.17) is 4.74 Å². The molecule has 0 bridgehead atoms. The van der Waals surface area contributed by atoms with Crippen molar-refractivity contribution >= 4 is 17.6 Å². The molecule has 0 aromatic heterocycles. The van der Waals surface area contributed by atoms with Crippen LogP contribution in [0.1, 0.15) is 11.1 Å². The Hall–Kier alpha value is -3.80. The summed E-state index contributed by atoms with van der Waals surface area (Å²) in [7, 11) is 0. The maximum atomic E-state index is 12.2. The van der Waals surface area contributed by atoms with Crippen LogP contribution in [0.5, 0.6) is 11.5 Å². The van der Waals surface area contributed by atoms with Gasteiger partial charge in [0.15, 0.2) is 5.75 Å². The van der Waals surface area contributed by atoms with E-state index in [2.05, 4.69) is 16.0 Å². The first kappa shape index (κ1) is 19.9. The zero-order valence-corrected chi connectivity index (χ0v) is 16.1. The Bertz CT molecular complexity index is 974. The average molecular weight is 389 g/mol. The summed E-state index contributed by atoms with van der Waals surface area (Å²) in [4.78, 5) is 24.1. The highest BCUT2D eigenvalue weighted by atomic mass is 16.5. The molecule has 6 heteroatoms. The summed E-state index contributed by atoms with van der Waals surface area (Å²) in [6.45, 7) is 2.22. The van der Waals surface area contributed by atoms with Crippen LogP contribution in [-0.2, 0) is 11.3 Å². The molecule has 3 amide bonds. The second-order valence-corrected chi connectivity index (χ2v) is 6.48. The number of para-hydroxylation sites is 2. The van der Waals surface area contributed by atoms with Gasteiger partial charge in [-0.1, -0.05) is 54.6 Å². The number of benzene rings is 3. The van der Waals surface area contributed by atoms with Crippen molar-refractivity contribution in [2.24, 2.45) is 0 Å². The number of anilines is 1. The lowest BCUT2D eigenvalue weighted by atomic mass is 10.2. The molecule has 29 heavy (non-hydrogen) atoms. The molecule has 0 saturated carbocycles. The molecule has 3 aromatic rings. The van der Waals surface area contributed by atoms with Crippen molar-refractivity contribution in [1.82, 2.24) is 10.6 Å². The van der Waals surface area contributed by atoms with E-state index in [1.165, 1.54) is 0 Å². The number of hydrogen-bond donors (Lipinski definition) is 3. The summed E-state index contributed by atoms with van der Waals surface area (Å²) in [5.41, 5.74) is 2.59. The lowest BCUT2D eigenvalue weighted by Crippen LogP contribution is -2.39. The number of urea groups is 1. The molecule has 0 saturated heterocycles. The number of amides is 3. The molecule has 0 radical (unpaired) electrons. The monoisotopic (exact) mass is 389 g/mol. The van der Waals surface area contributed by atoms with Gasteiger partial charge in [-0.25, -0.2) is 4.79 Å². The minimum absolute atomic E-state index is 0.153. The van der Waals surface area contributed by atoms with Crippen molar-refractivity contribution < 1.29 is 14.3 Å². The van der Waals surface area contributed by atoms with Crippen molar-refractivity contribution in [2.45, 2.75) is 13.5 Å². The third-order valence-corrected chi connectivity index (χ3v) is 4.08. The third-order valence-electron chi connectivity index (χ3n) is 4.08. The van der Waals surface area contributed by atoms with Gasteiger partial charge in [0.25, 0.3) is 0 Å². The van der Waals surface area contributed by atoms with Crippen LogP contribution in [0.3, 0.4) is 0 Å². The zero-order chi connectivity index (χ0) is 20.5. The summed E-state index contributed by atoms with van der Waals surface area (Å²) >= 11 is 0. The fraction of sp³-hybridized carbons (Fsp3) is 0.130. The Morgan fingerprint density at radius 2 is 1.62 bits per heavy atom. The van der Waals surface area contributed by atoms with Gasteiger partial charge in [-0.3, -0.25) is 4.79 Å². The number of carbonyl (C=O) groups excluding carboxylic acids is 2. The molecule has 3 N–H and O–H groups in total. The highest BCUT2D eigenvalue weighted by Gasteiger charge is 2.10. The van der Waals surface area contributed by atoms with Gasteiger partial charge in [0.1, 0.15) is 5.75 Å². The second-order valence-electron chi connectivity index (χ2n) is 6.48. The first-order chi connectivity index (χ1) is 14.1. The first-order valence-electron chi connectivity index (χ1n) is 9.29. The summed E-state index contributed by atoms with van der Waals surface area (Å²) in [6.07, 6.45) is 0. The third kappa shape index (κ3) is 6.39. The molecule has 0 atom stereocenters. The molecular formula is C23H23N3O3. The fourth-order valence-corrected chi connectivity index (χ4v) is 2.66. The average Bonchev–Trinajstić information content (AvgIpc) is 2.73. The van der Waals surface area contributed by atoms with E-state index in [1.54, 1.807) is 18.2 Å². The number of ether oxygens (including phenoxy) is 1. The lowest BCUT2D eigenvalue weighted by Gasteiger charge is -2.13. The highest BCUT2D eigenvalue weighted by molar-refractivity contribution is 5.95. The second kappa shape index (κ2) is 9.94. The van der Waals surface area contributed by atoms with Crippen LogP contribution in [0.15, 0.2) is 78.9 Å². The van der Waals surface area contributed by atoms with Crippen molar-refractivity contribution in [3.05, 3.63) is 90.0 Å². The van der Waals surface area contributed by atoms with E-state index >= 15 is 0 Å². The molecule has 148 valence electrons. The predicted octanol–water partition coefficient (Wildman–Crippen LogP) is 4.23. The Balaban J connectivity index is 1.51. The number of hydrogen-bond acceptors (Lipinski definition) is 3. The number of nitrogens with one attached hydrogen (secondary N) is 3. The predicted molar refractivity (Wildman–Crippen MR) is 113 cm³/mol. The molecule has 0 heterocycles. The SMILES string of the molecule is Cc1cccc(Oc2ccccc2NC(=O)CNC(=O)NCc2ccccc2)c1. The first-order valence-corrected chi connectivity index (χ1v) is 9.29. The van der Waals surface area contributed by atoms with E-state index in [-0.39, 0.29) is 12.5 Å². The number of rotatable bonds is 7. The van der Waals surface area contributed by atoms with Crippen LogP contribution < -0.4 is 20.7 Å². The molecule has 3 aromatic carbocycles. The molecular weight excluding hydrogens is 366 g/mol. The van der Waals surface area contributed by atoms with Crippen molar-refractivity contribution in [1.29, 1.82) is 0 Å². The Kier molecular flexibility index (Phi) is 6.84. The van der Waals surface area contributed by atoms with E-state index in [1.807, 2.05) is 67.6 Å². The highest BCUT2D eigenvalue weighted by Crippen LogP contribution is 2.29. The van der Waals surface area contributed by atoms with E-state index < -0.39 is 6.03 Å². The topological polar surface area (TPSA) is 79.5 Å². The van der Waals surface area contributed by atoms with E-state index in [0.717, 1.165) is 11.1 Å². The molecule has 0 spiro atoms. The van der Waals surface area contributed by atoms with Gasteiger partial charge in [-0.2, -0.15) is 0 Å². The van der Waals surface area contributed by atoms with Crippen LogP contribution in [-0.4, -0.2) is 18.5 Å². The van der Waals surface area contributed by atoms with Crippen molar-refractivity contribution in [3.63, 3.8) is 0 Å². The molecule has 0 aliphatic heterocycles. The smallest absolute Gasteiger partial charge is 0.315 e. The minimum atomic E-state index is -0.409. The Morgan fingerprint density at radius 1 is 0.862 bits per heavy atom. The van der Waals surface area contributed by atoms with Crippen LogP contribution in [0.2, 0.25) is 0 Å². The molecule has 0 fully saturated rings. The van der Waals surface area contributed by atoms with Gasteiger partial charge in [-0.05, 0) is 42.3 Å². The molecule has 0 unspecified atom stereocenters. The van der Waals surface area contributed by atoms with E-state index in [9.17, 15) is 9.59 Å². The largest absolute Gasteiger partial charge is 0.455 e. The van der Waals surface area contributed by atoms with Crippen LogP contribution in [0, 0.1) is 6.92 Å². The van der Waals surface area contributed by atoms with Crippen molar-refractivity contribution in [3.8, 4) is 11.5 Å². The number of carbonyl (C=O) groups is 2. The van der Waals surface area contributed by atoms with Crippen LogP contribution >= 0.6 is 0 Å². The quantitative estimate of drug-likeness (QED) is 0.566.